The van der Waals surface area contributed by atoms with Crippen LogP contribution in [-0.2, 0) is 13.1 Å². The Balaban J connectivity index is 0.00000162. The van der Waals surface area contributed by atoms with E-state index in [1.807, 2.05) is 13.1 Å². The van der Waals surface area contributed by atoms with E-state index >= 15 is 0 Å². The fourth-order valence-corrected chi connectivity index (χ4v) is 1.51. The maximum Gasteiger partial charge on any atom is 0.163 e. The Labute approximate surface area is 110 Å². The van der Waals surface area contributed by atoms with Crippen molar-refractivity contribution >= 4 is 18.1 Å². The minimum absolute atomic E-state index is 0. The summed E-state index contributed by atoms with van der Waals surface area (Å²) in [6.45, 7) is 2.98. The van der Waals surface area contributed by atoms with Gasteiger partial charge in [-0.15, -0.1) is 12.4 Å². The van der Waals surface area contributed by atoms with Gasteiger partial charge in [-0.3, -0.25) is 4.68 Å². The van der Waals surface area contributed by atoms with Crippen LogP contribution in [-0.4, -0.2) is 9.78 Å². The molecule has 6 heteroatoms. The first-order valence-corrected chi connectivity index (χ1v) is 5.40. The molecule has 98 valence electrons. The van der Waals surface area contributed by atoms with E-state index in [0.717, 1.165) is 18.3 Å². The lowest BCUT2D eigenvalue weighted by atomic mass is 10.2. The number of nitrogens with zero attached hydrogens (tertiary/aromatic N) is 2. The molecule has 0 amide bonds. The van der Waals surface area contributed by atoms with E-state index in [9.17, 15) is 8.78 Å². The van der Waals surface area contributed by atoms with Crippen LogP contribution in [0.5, 0.6) is 0 Å². The Hall–Kier alpha value is -1.62. The lowest BCUT2D eigenvalue weighted by Crippen LogP contribution is -2.02. The molecule has 0 saturated heterocycles. The van der Waals surface area contributed by atoms with Crippen LogP contribution in [0.1, 0.15) is 12.5 Å². The van der Waals surface area contributed by atoms with E-state index in [1.54, 1.807) is 16.9 Å². The van der Waals surface area contributed by atoms with Gasteiger partial charge in [-0.05, 0) is 13.0 Å². The zero-order valence-corrected chi connectivity index (χ0v) is 10.7. The third-order valence-corrected chi connectivity index (χ3v) is 2.47. The van der Waals surface area contributed by atoms with E-state index in [1.165, 1.54) is 6.07 Å². The quantitative estimate of drug-likeness (QED) is 0.927. The van der Waals surface area contributed by atoms with E-state index in [0.29, 0.717) is 5.56 Å². The van der Waals surface area contributed by atoms with E-state index in [4.69, 9.17) is 0 Å². The van der Waals surface area contributed by atoms with Gasteiger partial charge in [0.15, 0.2) is 11.6 Å². The average Bonchev–Trinajstić information content (AvgIpc) is 2.79. The number of hydrogen-bond donors (Lipinski definition) is 1. The summed E-state index contributed by atoms with van der Waals surface area (Å²) >= 11 is 0. The molecule has 1 aromatic heterocycles. The van der Waals surface area contributed by atoms with Gasteiger partial charge in [0, 0.05) is 24.8 Å². The van der Waals surface area contributed by atoms with Crippen LogP contribution in [0.4, 0.5) is 14.5 Å². The first-order chi connectivity index (χ1) is 8.20. The van der Waals surface area contributed by atoms with Crippen LogP contribution in [0, 0.1) is 11.6 Å². The number of rotatable bonds is 4. The number of nitrogens with one attached hydrogen (secondary N) is 1. The molecule has 1 N–H and O–H groups in total. The molecule has 1 heterocycles. The summed E-state index contributed by atoms with van der Waals surface area (Å²) in [5.41, 5.74) is 1.09. The predicted octanol–water partition coefficient (Wildman–Crippen LogP) is 3.22. The lowest BCUT2D eigenvalue weighted by Gasteiger charge is -2.05. The highest BCUT2D eigenvalue weighted by Crippen LogP contribution is 2.13. The van der Waals surface area contributed by atoms with Gasteiger partial charge in [0.2, 0.25) is 0 Å². The molecular formula is C12H14ClF2N3. The van der Waals surface area contributed by atoms with Gasteiger partial charge in [-0.1, -0.05) is 12.1 Å². The Bertz CT molecular complexity index is 514. The molecular weight excluding hydrogens is 260 g/mol. The number of aromatic nitrogens is 2. The molecule has 0 saturated carbocycles. The molecule has 0 aliphatic carbocycles. The highest BCUT2D eigenvalue weighted by atomic mass is 35.5. The summed E-state index contributed by atoms with van der Waals surface area (Å²) in [5.74, 6) is -1.63. The summed E-state index contributed by atoms with van der Waals surface area (Å²) in [6.07, 6.45) is 3.47. The number of hydrogen-bond acceptors (Lipinski definition) is 2. The van der Waals surface area contributed by atoms with Crippen molar-refractivity contribution < 1.29 is 8.78 Å². The second-order valence-corrected chi connectivity index (χ2v) is 3.65. The van der Waals surface area contributed by atoms with Crippen molar-refractivity contribution in [3.8, 4) is 0 Å². The second kappa shape index (κ2) is 6.35. The van der Waals surface area contributed by atoms with Gasteiger partial charge in [0.25, 0.3) is 0 Å². The van der Waals surface area contributed by atoms with E-state index in [2.05, 4.69) is 10.4 Å². The molecule has 2 aromatic rings. The van der Waals surface area contributed by atoms with E-state index < -0.39 is 11.6 Å². The summed E-state index contributed by atoms with van der Waals surface area (Å²) in [5, 5.41) is 7.07. The van der Waals surface area contributed by atoms with Crippen molar-refractivity contribution in [1.82, 2.24) is 9.78 Å². The van der Waals surface area contributed by atoms with Gasteiger partial charge < -0.3 is 5.32 Å². The van der Waals surface area contributed by atoms with Crippen LogP contribution < -0.4 is 5.32 Å². The van der Waals surface area contributed by atoms with Crippen molar-refractivity contribution in [1.29, 1.82) is 0 Å². The van der Waals surface area contributed by atoms with Gasteiger partial charge in [-0.25, -0.2) is 8.78 Å². The molecule has 0 aliphatic rings. The lowest BCUT2D eigenvalue weighted by molar-refractivity contribution is 0.500. The Morgan fingerprint density at radius 1 is 1.33 bits per heavy atom. The molecule has 0 unspecified atom stereocenters. The number of benzene rings is 1. The molecule has 0 spiro atoms. The molecule has 0 radical (unpaired) electrons. The largest absolute Gasteiger partial charge is 0.378 e. The van der Waals surface area contributed by atoms with Gasteiger partial charge in [0.05, 0.1) is 11.9 Å². The van der Waals surface area contributed by atoms with Crippen molar-refractivity contribution in [2.24, 2.45) is 0 Å². The van der Waals surface area contributed by atoms with Crippen molar-refractivity contribution in [3.05, 3.63) is 47.8 Å². The normalized spacial score (nSPS) is 9.94. The van der Waals surface area contributed by atoms with E-state index in [-0.39, 0.29) is 19.0 Å². The number of aryl methyl sites for hydroxylation is 1. The standard InChI is InChI=1S/C12H13F2N3.ClH/c1-2-17-8-10(7-16-17)15-6-9-4-3-5-11(13)12(9)14;/h3-5,7-8,15H,2,6H2,1H3;1H. The molecule has 18 heavy (non-hydrogen) atoms. The monoisotopic (exact) mass is 273 g/mol. The maximum absolute atomic E-state index is 13.3. The van der Waals surface area contributed by atoms with Crippen LogP contribution in [0.2, 0.25) is 0 Å². The Morgan fingerprint density at radius 3 is 2.78 bits per heavy atom. The Morgan fingerprint density at radius 2 is 2.11 bits per heavy atom. The second-order valence-electron chi connectivity index (χ2n) is 3.65. The zero-order valence-electron chi connectivity index (χ0n) is 9.86. The summed E-state index contributed by atoms with van der Waals surface area (Å²) < 4.78 is 28.0. The number of halogens is 3. The highest BCUT2D eigenvalue weighted by molar-refractivity contribution is 5.85. The molecule has 0 atom stereocenters. The van der Waals surface area contributed by atoms with Crippen LogP contribution in [0.3, 0.4) is 0 Å². The van der Waals surface area contributed by atoms with Crippen LogP contribution in [0.25, 0.3) is 0 Å². The summed E-state index contributed by atoms with van der Waals surface area (Å²) in [7, 11) is 0. The first kappa shape index (κ1) is 14.4. The third-order valence-electron chi connectivity index (χ3n) is 2.47. The smallest absolute Gasteiger partial charge is 0.163 e. The predicted molar refractivity (Wildman–Crippen MR) is 68.8 cm³/mol. The Kier molecular flexibility index (Phi) is 5.09. The van der Waals surface area contributed by atoms with Crippen LogP contribution in [0.15, 0.2) is 30.6 Å². The summed E-state index contributed by atoms with van der Waals surface area (Å²) in [4.78, 5) is 0. The molecule has 2 rings (SSSR count). The summed E-state index contributed by atoms with van der Waals surface area (Å²) in [6, 6.07) is 4.15. The SMILES string of the molecule is CCn1cc(NCc2cccc(F)c2F)cn1.Cl. The molecule has 0 fully saturated rings. The zero-order chi connectivity index (χ0) is 12.3. The van der Waals surface area contributed by atoms with Crippen molar-refractivity contribution in [3.63, 3.8) is 0 Å². The minimum atomic E-state index is -0.825. The van der Waals surface area contributed by atoms with Crippen molar-refractivity contribution in [2.75, 3.05) is 5.32 Å². The highest BCUT2D eigenvalue weighted by Gasteiger charge is 2.07. The van der Waals surface area contributed by atoms with Crippen LogP contribution >= 0.6 is 12.4 Å². The molecule has 1 aromatic carbocycles. The van der Waals surface area contributed by atoms with Gasteiger partial charge in [-0.2, -0.15) is 5.10 Å². The fraction of sp³-hybridized carbons (Fsp3) is 0.250. The molecule has 0 bridgehead atoms. The fourth-order valence-electron chi connectivity index (χ4n) is 1.51. The minimum Gasteiger partial charge on any atom is -0.378 e. The molecule has 0 aliphatic heterocycles. The van der Waals surface area contributed by atoms with Gasteiger partial charge in [0.1, 0.15) is 0 Å². The van der Waals surface area contributed by atoms with Gasteiger partial charge >= 0.3 is 0 Å². The molecule has 3 nitrogen and oxygen atoms in total. The number of anilines is 1. The maximum atomic E-state index is 13.3. The topological polar surface area (TPSA) is 29.9 Å². The first-order valence-electron chi connectivity index (χ1n) is 5.40. The van der Waals surface area contributed by atoms with Crippen molar-refractivity contribution in [2.45, 2.75) is 20.0 Å². The average molecular weight is 274 g/mol. The third kappa shape index (κ3) is 3.20.